The van der Waals surface area contributed by atoms with Crippen LogP contribution in [-0.2, 0) is 4.79 Å². The maximum absolute atomic E-state index is 12.5. The summed E-state index contributed by atoms with van der Waals surface area (Å²) >= 11 is 1.35. The lowest BCUT2D eigenvalue weighted by molar-refractivity contribution is -0.142. The number of rotatable bonds is 3. The van der Waals surface area contributed by atoms with Crippen molar-refractivity contribution in [1.82, 2.24) is 4.90 Å². The number of carbonyl (C=O) groups is 2. The van der Waals surface area contributed by atoms with Crippen molar-refractivity contribution in [2.75, 3.05) is 7.11 Å². The molecule has 2 fully saturated rings. The zero-order valence-electron chi connectivity index (χ0n) is 10.5. The van der Waals surface area contributed by atoms with Gasteiger partial charge in [0.2, 0.25) is 0 Å². The van der Waals surface area contributed by atoms with Gasteiger partial charge in [-0.1, -0.05) is 0 Å². The van der Waals surface area contributed by atoms with Crippen molar-refractivity contribution in [2.24, 2.45) is 5.92 Å². The summed E-state index contributed by atoms with van der Waals surface area (Å²) in [5.41, 5.74) is 0. The lowest BCUT2D eigenvalue weighted by atomic mass is 9.89. The molecular formula is C13H15NO4S. The first-order chi connectivity index (χ1) is 9.11. The molecule has 0 saturated carbocycles. The van der Waals surface area contributed by atoms with Gasteiger partial charge in [0.05, 0.1) is 17.9 Å². The Balaban J connectivity index is 1.83. The lowest BCUT2D eigenvalue weighted by Gasteiger charge is -2.22. The topological polar surface area (TPSA) is 66.8 Å². The number of amides is 1. The molecule has 0 aromatic carbocycles. The first-order valence-electron chi connectivity index (χ1n) is 6.30. The number of thiophene rings is 1. The molecule has 5 nitrogen and oxygen atoms in total. The monoisotopic (exact) mass is 281 g/mol. The average molecular weight is 281 g/mol. The van der Waals surface area contributed by atoms with Crippen molar-refractivity contribution in [2.45, 2.75) is 31.3 Å². The molecule has 1 aromatic heterocycles. The number of hydrogen-bond acceptors (Lipinski definition) is 4. The minimum absolute atomic E-state index is 0.0513. The summed E-state index contributed by atoms with van der Waals surface area (Å²) in [6.07, 6.45) is 2.31. The fourth-order valence-corrected chi connectivity index (χ4v) is 4.03. The Morgan fingerprint density at radius 1 is 1.47 bits per heavy atom. The van der Waals surface area contributed by atoms with Gasteiger partial charge in [-0.05, 0) is 19.3 Å². The smallest absolute Gasteiger partial charge is 0.308 e. The van der Waals surface area contributed by atoms with Crippen LogP contribution in [0.2, 0.25) is 0 Å². The number of aliphatic carboxylic acids is 1. The number of methoxy groups -OCH3 is 1. The van der Waals surface area contributed by atoms with Gasteiger partial charge in [-0.2, -0.15) is 0 Å². The van der Waals surface area contributed by atoms with Gasteiger partial charge in [0.1, 0.15) is 5.75 Å². The standard InChI is InChI=1S/C13H15NO4S/c1-18-8-5-11(19-6-8)12(15)14-7-2-3-10(14)9(4-7)13(16)17/h5-7,9-10H,2-4H2,1H3,(H,16,17). The molecule has 1 N–H and O–H groups in total. The Morgan fingerprint density at radius 2 is 2.26 bits per heavy atom. The first kappa shape index (κ1) is 12.5. The van der Waals surface area contributed by atoms with E-state index in [4.69, 9.17) is 4.74 Å². The summed E-state index contributed by atoms with van der Waals surface area (Å²) in [5.74, 6) is -0.558. The minimum atomic E-state index is -0.784. The first-order valence-corrected chi connectivity index (χ1v) is 7.17. The summed E-state index contributed by atoms with van der Waals surface area (Å²) in [4.78, 5) is 26.1. The normalized spacial score (nSPS) is 28.7. The number of fused-ring (bicyclic) bond motifs is 2. The SMILES string of the molecule is COc1csc(C(=O)N2C3CCC2C(C(=O)O)C3)c1. The minimum Gasteiger partial charge on any atom is -0.496 e. The Kier molecular flexibility index (Phi) is 2.97. The summed E-state index contributed by atoms with van der Waals surface area (Å²) in [7, 11) is 1.57. The average Bonchev–Trinajstić information content (AvgIpc) is 3.11. The van der Waals surface area contributed by atoms with E-state index in [1.807, 2.05) is 0 Å². The van der Waals surface area contributed by atoms with Crippen molar-refractivity contribution in [3.05, 3.63) is 16.3 Å². The van der Waals surface area contributed by atoms with Crippen molar-refractivity contribution >= 4 is 23.2 Å². The van der Waals surface area contributed by atoms with Crippen molar-refractivity contribution in [1.29, 1.82) is 0 Å². The van der Waals surface area contributed by atoms with Gasteiger partial charge in [0.15, 0.2) is 0 Å². The second kappa shape index (κ2) is 4.52. The van der Waals surface area contributed by atoms with E-state index in [-0.39, 0.29) is 18.0 Å². The number of carboxylic acids is 1. The van der Waals surface area contributed by atoms with E-state index in [9.17, 15) is 14.7 Å². The third kappa shape index (κ3) is 1.90. The van der Waals surface area contributed by atoms with Crippen LogP contribution in [0.3, 0.4) is 0 Å². The van der Waals surface area contributed by atoms with Crippen LogP contribution in [0, 0.1) is 5.92 Å². The predicted octanol–water partition coefficient (Wildman–Crippen LogP) is 1.83. The van der Waals surface area contributed by atoms with Gasteiger partial charge >= 0.3 is 5.97 Å². The fourth-order valence-electron chi connectivity index (χ4n) is 3.24. The number of ether oxygens (including phenoxy) is 1. The Bertz CT molecular complexity index is 526. The van der Waals surface area contributed by atoms with Gasteiger partial charge < -0.3 is 14.7 Å². The van der Waals surface area contributed by atoms with E-state index >= 15 is 0 Å². The molecule has 3 unspecified atom stereocenters. The highest BCUT2D eigenvalue weighted by atomic mass is 32.1. The lowest BCUT2D eigenvalue weighted by Crippen LogP contribution is -2.37. The van der Waals surface area contributed by atoms with E-state index in [2.05, 4.69) is 0 Å². The maximum atomic E-state index is 12.5. The second-order valence-electron chi connectivity index (χ2n) is 5.04. The highest BCUT2D eigenvalue weighted by Gasteiger charge is 2.51. The van der Waals surface area contributed by atoms with Crippen LogP contribution in [0.15, 0.2) is 11.4 Å². The molecule has 0 aliphatic carbocycles. The Morgan fingerprint density at radius 3 is 2.84 bits per heavy atom. The number of nitrogens with zero attached hydrogens (tertiary/aromatic N) is 1. The third-order valence-corrected chi connectivity index (χ3v) is 5.01. The van der Waals surface area contributed by atoms with Crippen LogP contribution in [0.5, 0.6) is 5.75 Å². The van der Waals surface area contributed by atoms with Crippen LogP contribution in [0.4, 0.5) is 0 Å². The van der Waals surface area contributed by atoms with Crippen molar-refractivity contribution in [3.63, 3.8) is 0 Å². The molecule has 3 atom stereocenters. The molecule has 6 heteroatoms. The van der Waals surface area contributed by atoms with E-state index in [0.717, 1.165) is 12.8 Å². The molecule has 1 aromatic rings. The van der Waals surface area contributed by atoms with Crippen LogP contribution in [0.25, 0.3) is 0 Å². The molecule has 0 radical (unpaired) electrons. The van der Waals surface area contributed by atoms with Crippen LogP contribution < -0.4 is 4.74 Å². The van der Waals surface area contributed by atoms with Crippen molar-refractivity contribution in [3.8, 4) is 5.75 Å². The van der Waals surface area contributed by atoms with E-state index in [0.29, 0.717) is 17.0 Å². The largest absolute Gasteiger partial charge is 0.496 e. The Hall–Kier alpha value is -1.56. The van der Waals surface area contributed by atoms with Crippen LogP contribution in [-0.4, -0.2) is 41.1 Å². The third-order valence-electron chi connectivity index (χ3n) is 4.11. The molecule has 2 aliphatic rings. The van der Waals surface area contributed by atoms with E-state index in [1.54, 1.807) is 23.5 Å². The molecule has 2 saturated heterocycles. The zero-order chi connectivity index (χ0) is 13.6. The summed E-state index contributed by atoms with van der Waals surface area (Å²) in [5, 5.41) is 11.0. The van der Waals surface area contributed by atoms with Gasteiger partial charge in [0, 0.05) is 23.5 Å². The van der Waals surface area contributed by atoms with E-state index in [1.165, 1.54) is 11.3 Å². The molecular weight excluding hydrogens is 266 g/mol. The quantitative estimate of drug-likeness (QED) is 0.918. The Labute approximate surface area is 114 Å². The zero-order valence-corrected chi connectivity index (χ0v) is 11.4. The van der Waals surface area contributed by atoms with Crippen molar-refractivity contribution < 1.29 is 19.4 Å². The molecule has 3 rings (SSSR count). The van der Waals surface area contributed by atoms with Gasteiger partial charge in [-0.25, -0.2) is 0 Å². The van der Waals surface area contributed by atoms with Gasteiger partial charge in [-0.3, -0.25) is 9.59 Å². The van der Waals surface area contributed by atoms with Gasteiger partial charge in [-0.15, -0.1) is 11.3 Å². The second-order valence-corrected chi connectivity index (χ2v) is 5.95. The summed E-state index contributed by atoms with van der Waals surface area (Å²) < 4.78 is 5.08. The number of carboxylic acid groups (broad SMARTS) is 1. The van der Waals surface area contributed by atoms with Crippen LogP contribution >= 0.6 is 11.3 Å². The highest BCUT2D eigenvalue weighted by Crippen LogP contribution is 2.43. The molecule has 2 bridgehead atoms. The summed E-state index contributed by atoms with van der Waals surface area (Å²) in [6.45, 7) is 0. The molecule has 0 spiro atoms. The fraction of sp³-hybridized carbons (Fsp3) is 0.538. The van der Waals surface area contributed by atoms with Gasteiger partial charge in [0.25, 0.3) is 5.91 Å². The molecule has 1 amide bonds. The molecule has 3 heterocycles. The number of hydrogen-bond donors (Lipinski definition) is 1. The predicted molar refractivity (Wildman–Crippen MR) is 69.6 cm³/mol. The van der Waals surface area contributed by atoms with E-state index < -0.39 is 11.9 Å². The molecule has 2 aliphatic heterocycles. The number of carbonyl (C=O) groups excluding carboxylic acids is 1. The highest BCUT2D eigenvalue weighted by molar-refractivity contribution is 7.12. The van der Waals surface area contributed by atoms with Crippen LogP contribution in [0.1, 0.15) is 28.9 Å². The maximum Gasteiger partial charge on any atom is 0.308 e. The molecule has 102 valence electrons. The molecule has 19 heavy (non-hydrogen) atoms. The summed E-state index contributed by atoms with van der Waals surface area (Å²) in [6, 6.07) is 1.68.